The van der Waals surface area contributed by atoms with Gasteiger partial charge in [0.05, 0.1) is 0 Å². The van der Waals surface area contributed by atoms with Crippen LogP contribution in [0.15, 0.2) is 24.3 Å². The van der Waals surface area contributed by atoms with Crippen molar-refractivity contribution in [3.8, 4) is 0 Å². The van der Waals surface area contributed by atoms with Gasteiger partial charge in [-0.2, -0.15) is 0 Å². The molecule has 1 heterocycles. The molecule has 1 fully saturated rings. The largest absolute Gasteiger partial charge is 0.308 e. The van der Waals surface area contributed by atoms with Gasteiger partial charge in [0.15, 0.2) is 0 Å². The Morgan fingerprint density at radius 2 is 1.95 bits per heavy atom. The standard InChI is InChI=1S/C17H26N2/c1-13(2)11-19(17-7-8-17)12-16-9-14-5-3-4-6-15(14)10-18-16/h3-6,13,16-18H,7-12H2,1-2H3. The Morgan fingerprint density at radius 3 is 2.63 bits per heavy atom. The third kappa shape index (κ3) is 3.37. The Kier molecular flexibility index (Phi) is 3.90. The van der Waals surface area contributed by atoms with E-state index in [2.05, 4.69) is 48.3 Å². The van der Waals surface area contributed by atoms with Gasteiger partial charge in [-0.1, -0.05) is 38.1 Å². The molecule has 0 amide bonds. The van der Waals surface area contributed by atoms with E-state index in [4.69, 9.17) is 0 Å². The zero-order chi connectivity index (χ0) is 13.2. The number of benzene rings is 1. The molecule has 1 aromatic rings. The van der Waals surface area contributed by atoms with Crippen LogP contribution < -0.4 is 5.32 Å². The van der Waals surface area contributed by atoms with E-state index in [9.17, 15) is 0 Å². The molecule has 1 aromatic carbocycles. The number of nitrogens with zero attached hydrogens (tertiary/aromatic N) is 1. The van der Waals surface area contributed by atoms with Crippen LogP contribution in [0.25, 0.3) is 0 Å². The highest BCUT2D eigenvalue weighted by molar-refractivity contribution is 5.30. The molecule has 1 atom stereocenters. The summed E-state index contributed by atoms with van der Waals surface area (Å²) in [5, 5.41) is 3.72. The third-order valence-electron chi connectivity index (χ3n) is 4.28. The first-order valence-electron chi connectivity index (χ1n) is 7.76. The number of rotatable bonds is 5. The molecule has 0 aromatic heterocycles. The van der Waals surface area contributed by atoms with E-state index in [1.54, 1.807) is 5.56 Å². The van der Waals surface area contributed by atoms with Crippen molar-refractivity contribution < 1.29 is 0 Å². The van der Waals surface area contributed by atoms with Gasteiger partial charge in [-0.05, 0) is 36.3 Å². The summed E-state index contributed by atoms with van der Waals surface area (Å²) in [7, 11) is 0. The van der Waals surface area contributed by atoms with E-state index in [1.807, 2.05) is 0 Å². The summed E-state index contributed by atoms with van der Waals surface area (Å²) in [6, 6.07) is 10.4. The summed E-state index contributed by atoms with van der Waals surface area (Å²) in [4.78, 5) is 2.72. The predicted octanol–water partition coefficient (Wildman–Crippen LogP) is 2.82. The van der Waals surface area contributed by atoms with Crippen molar-refractivity contribution in [3.63, 3.8) is 0 Å². The van der Waals surface area contributed by atoms with Crippen LogP contribution in [0.2, 0.25) is 0 Å². The normalized spacial score (nSPS) is 22.8. The molecule has 0 bridgehead atoms. The fourth-order valence-electron chi connectivity index (χ4n) is 3.21. The monoisotopic (exact) mass is 258 g/mol. The molecule has 104 valence electrons. The highest BCUT2D eigenvalue weighted by Gasteiger charge is 2.31. The second-order valence-electron chi connectivity index (χ2n) is 6.63. The Balaban J connectivity index is 1.61. The maximum absolute atomic E-state index is 3.72. The lowest BCUT2D eigenvalue weighted by atomic mass is 9.95. The minimum Gasteiger partial charge on any atom is -0.308 e. The molecule has 0 saturated heterocycles. The molecule has 0 spiro atoms. The number of hydrogen-bond acceptors (Lipinski definition) is 2. The molecule has 1 N–H and O–H groups in total. The molecule has 3 rings (SSSR count). The Hall–Kier alpha value is -0.860. The van der Waals surface area contributed by atoms with Crippen molar-refractivity contribution in [2.75, 3.05) is 13.1 Å². The maximum Gasteiger partial charge on any atom is 0.0238 e. The highest BCUT2D eigenvalue weighted by atomic mass is 15.2. The topological polar surface area (TPSA) is 15.3 Å². The first-order valence-corrected chi connectivity index (χ1v) is 7.76. The first-order chi connectivity index (χ1) is 9.22. The molecule has 1 unspecified atom stereocenters. The summed E-state index contributed by atoms with van der Waals surface area (Å²) >= 11 is 0. The highest BCUT2D eigenvalue weighted by Crippen LogP contribution is 2.28. The summed E-state index contributed by atoms with van der Waals surface area (Å²) in [6.45, 7) is 8.18. The summed E-state index contributed by atoms with van der Waals surface area (Å²) in [5.41, 5.74) is 3.03. The summed E-state index contributed by atoms with van der Waals surface area (Å²) < 4.78 is 0. The fraction of sp³-hybridized carbons (Fsp3) is 0.647. The molecular weight excluding hydrogens is 232 g/mol. The van der Waals surface area contributed by atoms with Crippen molar-refractivity contribution >= 4 is 0 Å². The van der Waals surface area contributed by atoms with Crippen LogP contribution >= 0.6 is 0 Å². The fourth-order valence-corrected chi connectivity index (χ4v) is 3.21. The molecule has 2 heteroatoms. The SMILES string of the molecule is CC(C)CN(CC1Cc2ccccc2CN1)C1CC1. The van der Waals surface area contributed by atoms with Crippen LogP contribution in [-0.4, -0.2) is 30.1 Å². The van der Waals surface area contributed by atoms with Gasteiger partial charge in [0, 0.05) is 31.7 Å². The lowest BCUT2D eigenvalue weighted by molar-refractivity contribution is 0.204. The summed E-state index contributed by atoms with van der Waals surface area (Å²) in [5.74, 6) is 0.775. The van der Waals surface area contributed by atoms with Gasteiger partial charge < -0.3 is 5.32 Å². The predicted molar refractivity (Wildman–Crippen MR) is 80.2 cm³/mol. The minimum absolute atomic E-state index is 0.634. The van der Waals surface area contributed by atoms with Crippen LogP contribution in [0.5, 0.6) is 0 Å². The Labute approximate surface area is 117 Å². The molecule has 1 aliphatic carbocycles. The second kappa shape index (κ2) is 5.64. The van der Waals surface area contributed by atoms with Gasteiger partial charge in [-0.25, -0.2) is 0 Å². The average molecular weight is 258 g/mol. The van der Waals surface area contributed by atoms with Gasteiger partial charge in [-0.15, -0.1) is 0 Å². The van der Waals surface area contributed by atoms with Crippen molar-refractivity contribution in [3.05, 3.63) is 35.4 Å². The average Bonchev–Trinajstić information content (AvgIpc) is 3.21. The maximum atomic E-state index is 3.72. The van der Waals surface area contributed by atoms with Crippen LogP contribution in [0, 0.1) is 5.92 Å². The number of hydrogen-bond donors (Lipinski definition) is 1. The molecule has 19 heavy (non-hydrogen) atoms. The summed E-state index contributed by atoms with van der Waals surface area (Å²) in [6.07, 6.45) is 4.02. The van der Waals surface area contributed by atoms with E-state index < -0.39 is 0 Å². The third-order valence-corrected chi connectivity index (χ3v) is 4.28. The van der Waals surface area contributed by atoms with E-state index in [1.165, 1.54) is 37.9 Å². The van der Waals surface area contributed by atoms with E-state index in [0.717, 1.165) is 18.5 Å². The molecule has 1 aliphatic heterocycles. The number of fused-ring (bicyclic) bond motifs is 1. The lowest BCUT2D eigenvalue weighted by Gasteiger charge is -2.32. The van der Waals surface area contributed by atoms with Gasteiger partial charge in [-0.3, -0.25) is 4.90 Å². The minimum atomic E-state index is 0.634. The van der Waals surface area contributed by atoms with Crippen molar-refractivity contribution in [2.24, 2.45) is 5.92 Å². The molecule has 1 saturated carbocycles. The zero-order valence-electron chi connectivity index (χ0n) is 12.2. The van der Waals surface area contributed by atoms with Crippen LogP contribution in [-0.2, 0) is 13.0 Å². The van der Waals surface area contributed by atoms with Crippen molar-refractivity contribution in [1.82, 2.24) is 10.2 Å². The van der Waals surface area contributed by atoms with Gasteiger partial charge >= 0.3 is 0 Å². The van der Waals surface area contributed by atoms with Gasteiger partial charge in [0.25, 0.3) is 0 Å². The van der Waals surface area contributed by atoms with Crippen molar-refractivity contribution in [1.29, 1.82) is 0 Å². The molecular formula is C17H26N2. The zero-order valence-corrected chi connectivity index (χ0v) is 12.2. The van der Waals surface area contributed by atoms with Crippen LogP contribution in [0.3, 0.4) is 0 Å². The van der Waals surface area contributed by atoms with E-state index in [-0.39, 0.29) is 0 Å². The van der Waals surface area contributed by atoms with E-state index in [0.29, 0.717) is 6.04 Å². The van der Waals surface area contributed by atoms with Crippen LogP contribution in [0.1, 0.15) is 37.8 Å². The number of nitrogens with one attached hydrogen (secondary N) is 1. The molecule has 0 radical (unpaired) electrons. The van der Waals surface area contributed by atoms with Crippen LogP contribution in [0.4, 0.5) is 0 Å². The first kappa shape index (κ1) is 13.1. The van der Waals surface area contributed by atoms with Gasteiger partial charge in [0.1, 0.15) is 0 Å². The second-order valence-corrected chi connectivity index (χ2v) is 6.63. The van der Waals surface area contributed by atoms with E-state index >= 15 is 0 Å². The molecule has 2 aliphatic rings. The van der Waals surface area contributed by atoms with Crippen molar-refractivity contribution in [2.45, 2.75) is 51.7 Å². The molecule has 2 nitrogen and oxygen atoms in total. The van der Waals surface area contributed by atoms with Gasteiger partial charge in [0.2, 0.25) is 0 Å². The Morgan fingerprint density at radius 1 is 1.21 bits per heavy atom. The lowest BCUT2D eigenvalue weighted by Crippen LogP contribution is -2.46. The smallest absolute Gasteiger partial charge is 0.0238 e. The quantitative estimate of drug-likeness (QED) is 0.873. The Bertz CT molecular complexity index is 423.